The van der Waals surface area contributed by atoms with Gasteiger partial charge >= 0.3 is 0 Å². The molecule has 1 aliphatic heterocycles. The highest BCUT2D eigenvalue weighted by Crippen LogP contribution is 2.28. The van der Waals surface area contributed by atoms with E-state index >= 15 is 0 Å². The molecule has 170 valence electrons. The van der Waals surface area contributed by atoms with Crippen molar-refractivity contribution in [1.82, 2.24) is 24.2 Å². The molecule has 1 saturated heterocycles. The molecule has 0 spiro atoms. The zero-order valence-corrected chi connectivity index (χ0v) is 19.3. The highest BCUT2D eigenvalue weighted by Gasteiger charge is 2.18. The van der Waals surface area contributed by atoms with E-state index in [2.05, 4.69) is 44.6 Å². The molecule has 0 radical (unpaired) electrons. The summed E-state index contributed by atoms with van der Waals surface area (Å²) in [5, 5.41) is 18.4. The third-order valence-corrected chi connectivity index (χ3v) is 6.60. The van der Waals surface area contributed by atoms with Crippen molar-refractivity contribution >= 4 is 5.65 Å². The zero-order chi connectivity index (χ0) is 23.5. The molecule has 1 aliphatic rings. The van der Waals surface area contributed by atoms with Gasteiger partial charge in [0.2, 0.25) is 0 Å². The number of imidazole rings is 1. The molecule has 0 unspecified atom stereocenters. The smallest absolute Gasteiger partial charge is 0.137 e. The number of aromatic nitrogens is 3. The first-order chi connectivity index (χ1) is 16.6. The van der Waals surface area contributed by atoms with Gasteiger partial charge in [-0.25, -0.2) is 4.98 Å². The lowest BCUT2D eigenvalue weighted by Crippen LogP contribution is -2.30. The monoisotopic (exact) mass is 449 g/mol. The molecule has 34 heavy (non-hydrogen) atoms. The van der Waals surface area contributed by atoms with Crippen LogP contribution in [0, 0.1) is 22.7 Å². The van der Waals surface area contributed by atoms with Crippen LogP contribution in [0.1, 0.15) is 23.4 Å². The second-order valence-corrected chi connectivity index (χ2v) is 8.89. The summed E-state index contributed by atoms with van der Waals surface area (Å²) in [7, 11) is 2.19. The summed E-state index contributed by atoms with van der Waals surface area (Å²) in [6.45, 7) is 5.39. The van der Waals surface area contributed by atoms with Gasteiger partial charge in [0.05, 0.1) is 23.0 Å². The Morgan fingerprint density at radius 3 is 2.50 bits per heavy atom. The predicted molar refractivity (Wildman–Crippen MR) is 132 cm³/mol. The van der Waals surface area contributed by atoms with E-state index in [1.165, 1.54) is 6.42 Å². The van der Waals surface area contributed by atoms with Crippen LogP contribution in [0.3, 0.4) is 0 Å². The van der Waals surface area contributed by atoms with Crippen molar-refractivity contribution in [3.63, 3.8) is 0 Å². The van der Waals surface area contributed by atoms with Crippen LogP contribution >= 0.6 is 0 Å². The summed E-state index contributed by atoms with van der Waals surface area (Å²) in [4.78, 5) is 13.1. The minimum Gasteiger partial charge on any atom is -0.346 e. The first-order valence-electron chi connectivity index (χ1n) is 11.7. The molecule has 4 heterocycles. The third kappa shape index (κ3) is 4.45. The van der Waals surface area contributed by atoms with Crippen LogP contribution in [0.2, 0.25) is 0 Å². The molecule has 4 aromatic rings. The van der Waals surface area contributed by atoms with Crippen LogP contribution in [-0.4, -0.2) is 63.9 Å². The van der Waals surface area contributed by atoms with E-state index in [1.807, 2.05) is 42.5 Å². The number of benzene rings is 1. The molecule has 0 saturated carbocycles. The number of hydrogen-bond donors (Lipinski definition) is 1. The normalized spacial score (nSPS) is 15.1. The maximum atomic E-state index is 9.19. The molecule has 5 rings (SSSR count). The SMILES string of the molecule is CN1CCCN(CCc2c(-c3ccc(C#N)cc3)nc3ccc(-c4ccc(C#N)[nH]4)cn23)CC1. The Labute approximate surface area is 199 Å². The fraction of sp³-hybridized carbons (Fsp3) is 0.296. The Bertz CT molecular complexity index is 1380. The number of likely N-dealkylation sites (N-methyl/N-ethyl adjacent to an activating group) is 1. The maximum absolute atomic E-state index is 9.19. The van der Waals surface area contributed by atoms with E-state index in [4.69, 9.17) is 4.98 Å². The molecular formula is C27H27N7. The van der Waals surface area contributed by atoms with Gasteiger partial charge in [0.15, 0.2) is 0 Å². The number of aromatic amines is 1. The number of fused-ring (bicyclic) bond motifs is 1. The number of rotatable bonds is 5. The second-order valence-electron chi connectivity index (χ2n) is 8.89. The Balaban J connectivity index is 1.53. The van der Waals surface area contributed by atoms with Gasteiger partial charge in [0, 0.05) is 49.1 Å². The van der Waals surface area contributed by atoms with Crippen molar-refractivity contribution in [3.05, 3.63) is 71.7 Å². The molecule has 7 nitrogen and oxygen atoms in total. The van der Waals surface area contributed by atoms with Crippen molar-refractivity contribution in [1.29, 1.82) is 10.5 Å². The number of hydrogen-bond acceptors (Lipinski definition) is 5. The van der Waals surface area contributed by atoms with Crippen molar-refractivity contribution in [3.8, 4) is 34.7 Å². The molecule has 0 amide bonds. The topological polar surface area (TPSA) is 87.1 Å². The standard InChI is InChI=1S/C27H27N7/c1-32-12-2-13-33(16-15-32)14-11-25-27(21-5-3-20(17-28)4-6-21)31-26-10-7-22(19-34(25)26)24-9-8-23(18-29)30-24/h3-10,19,30H,2,11-16H2,1H3. The molecule has 1 N–H and O–H groups in total. The zero-order valence-electron chi connectivity index (χ0n) is 19.3. The van der Waals surface area contributed by atoms with Gasteiger partial charge in [-0.2, -0.15) is 10.5 Å². The van der Waals surface area contributed by atoms with E-state index in [0.717, 1.165) is 73.0 Å². The van der Waals surface area contributed by atoms with Gasteiger partial charge in [-0.05, 0) is 63.0 Å². The van der Waals surface area contributed by atoms with Gasteiger partial charge in [-0.3, -0.25) is 0 Å². The van der Waals surface area contributed by atoms with Crippen LogP contribution in [-0.2, 0) is 6.42 Å². The summed E-state index contributed by atoms with van der Waals surface area (Å²) in [5.41, 5.74) is 7.13. The van der Waals surface area contributed by atoms with Gasteiger partial charge in [-0.15, -0.1) is 0 Å². The summed E-state index contributed by atoms with van der Waals surface area (Å²) >= 11 is 0. The average molecular weight is 450 g/mol. The Hall–Kier alpha value is -3.91. The Kier molecular flexibility index (Phi) is 6.14. The molecule has 0 aliphatic carbocycles. The quantitative estimate of drug-likeness (QED) is 0.499. The Morgan fingerprint density at radius 2 is 1.74 bits per heavy atom. The molecule has 0 bridgehead atoms. The van der Waals surface area contributed by atoms with Crippen LogP contribution in [0.15, 0.2) is 54.7 Å². The van der Waals surface area contributed by atoms with E-state index in [-0.39, 0.29) is 0 Å². The fourth-order valence-corrected chi connectivity index (χ4v) is 4.64. The first kappa shape index (κ1) is 21.9. The number of nitrogens with one attached hydrogen (secondary N) is 1. The molecule has 1 aromatic carbocycles. The van der Waals surface area contributed by atoms with Crippen molar-refractivity contribution in [2.75, 3.05) is 39.8 Å². The van der Waals surface area contributed by atoms with Gasteiger partial charge in [0.25, 0.3) is 0 Å². The van der Waals surface area contributed by atoms with Crippen molar-refractivity contribution < 1.29 is 0 Å². The molecule has 1 fully saturated rings. The number of nitriles is 2. The van der Waals surface area contributed by atoms with Crippen molar-refractivity contribution in [2.24, 2.45) is 0 Å². The van der Waals surface area contributed by atoms with Crippen LogP contribution in [0.25, 0.3) is 28.2 Å². The van der Waals surface area contributed by atoms with E-state index in [1.54, 1.807) is 6.07 Å². The Morgan fingerprint density at radius 1 is 0.912 bits per heavy atom. The third-order valence-electron chi connectivity index (χ3n) is 6.60. The van der Waals surface area contributed by atoms with Crippen LogP contribution in [0.4, 0.5) is 0 Å². The van der Waals surface area contributed by atoms with Gasteiger partial charge in [0.1, 0.15) is 17.4 Å². The minimum atomic E-state index is 0.547. The van der Waals surface area contributed by atoms with E-state index < -0.39 is 0 Å². The van der Waals surface area contributed by atoms with E-state index in [9.17, 15) is 10.5 Å². The fourth-order valence-electron chi connectivity index (χ4n) is 4.64. The van der Waals surface area contributed by atoms with Gasteiger partial charge < -0.3 is 19.2 Å². The average Bonchev–Trinajstić information content (AvgIpc) is 3.44. The van der Waals surface area contributed by atoms with Crippen molar-refractivity contribution in [2.45, 2.75) is 12.8 Å². The highest BCUT2D eigenvalue weighted by atomic mass is 15.2. The van der Waals surface area contributed by atoms with E-state index in [0.29, 0.717) is 11.3 Å². The number of H-pyrrole nitrogens is 1. The molecule has 7 heteroatoms. The maximum Gasteiger partial charge on any atom is 0.137 e. The lowest BCUT2D eigenvalue weighted by Gasteiger charge is -2.20. The first-order valence-corrected chi connectivity index (χ1v) is 11.7. The summed E-state index contributed by atoms with van der Waals surface area (Å²) in [5.74, 6) is 0. The molecule has 0 atom stereocenters. The number of pyridine rings is 1. The highest BCUT2D eigenvalue weighted by molar-refractivity contribution is 5.70. The van der Waals surface area contributed by atoms with Crippen LogP contribution < -0.4 is 0 Å². The lowest BCUT2D eigenvalue weighted by atomic mass is 10.1. The summed E-state index contributed by atoms with van der Waals surface area (Å²) in [6.07, 6.45) is 4.16. The lowest BCUT2D eigenvalue weighted by molar-refractivity contribution is 0.278. The summed E-state index contributed by atoms with van der Waals surface area (Å²) in [6, 6.07) is 19.8. The van der Waals surface area contributed by atoms with Crippen LogP contribution in [0.5, 0.6) is 0 Å². The predicted octanol–water partition coefficient (Wildman–Crippen LogP) is 3.92. The molecular weight excluding hydrogens is 422 g/mol. The van der Waals surface area contributed by atoms with Gasteiger partial charge in [-0.1, -0.05) is 12.1 Å². The second kappa shape index (κ2) is 9.52. The largest absolute Gasteiger partial charge is 0.346 e. The summed E-state index contributed by atoms with van der Waals surface area (Å²) < 4.78 is 2.18. The number of nitrogens with zero attached hydrogens (tertiary/aromatic N) is 6. The minimum absolute atomic E-state index is 0.547. The molecule has 3 aromatic heterocycles.